The van der Waals surface area contributed by atoms with E-state index in [9.17, 15) is 22.8 Å². The number of esters is 1. The van der Waals surface area contributed by atoms with Crippen molar-refractivity contribution >= 4 is 23.3 Å². The highest BCUT2D eigenvalue weighted by molar-refractivity contribution is 5.92. The number of alkyl halides is 3. The molecule has 0 spiro atoms. The number of hydrogen-bond acceptors (Lipinski definition) is 5. The van der Waals surface area contributed by atoms with Gasteiger partial charge in [-0.15, -0.1) is 0 Å². The lowest BCUT2D eigenvalue weighted by atomic mass is 10.2. The molecule has 0 aliphatic rings. The Labute approximate surface area is 159 Å². The van der Waals surface area contributed by atoms with Gasteiger partial charge in [-0.2, -0.15) is 13.2 Å². The first-order valence-corrected chi connectivity index (χ1v) is 8.37. The van der Waals surface area contributed by atoms with Crippen LogP contribution in [0.15, 0.2) is 42.5 Å². The monoisotopic (exact) mass is 396 g/mol. The highest BCUT2D eigenvalue weighted by atomic mass is 19.4. The summed E-state index contributed by atoms with van der Waals surface area (Å²) in [7, 11) is 0. The number of carbonyl (C=O) groups excluding carboxylic acids is 2. The summed E-state index contributed by atoms with van der Waals surface area (Å²) >= 11 is 0. The Morgan fingerprint density at radius 1 is 1.14 bits per heavy atom. The summed E-state index contributed by atoms with van der Waals surface area (Å²) in [6, 6.07) is 8.46. The summed E-state index contributed by atoms with van der Waals surface area (Å²) in [5, 5.41) is 2.31. The van der Waals surface area contributed by atoms with Crippen molar-refractivity contribution < 1.29 is 32.2 Å². The fourth-order valence-corrected chi connectivity index (χ4v) is 2.18. The van der Waals surface area contributed by atoms with E-state index >= 15 is 0 Å². The Morgan fingerprint density at radius 2 is 1.89 bits per heavy atom. The van der Waals surface area contributed by atoms with Gasteiger partial charge in [-0.25, -0.2) is 4.79 Å². The van der Waals surface area contributed by atoms with Crippen molar-refractivity contribution in [3.8, 4) is 5.75 Å². The van der Waals surface area contributed by atoms with Crippen molar-refractivity contribution in [1.29, 1.82) is 0 Å². The molecule has 0 unspecified atom stereocenters. The molecule has 150 valence electrons. The summed E-state index contributed by atoms with van der Waals surface area (Å²) in [5.74, 6) is -1.15. The van der Waals surface area contributed by atoms with Crippen molar-refractivity contribution in [2.24, 2.45) is 0 Å². The number of hydrogen-bond donors (Lipinski definition) is 2. The molecular weight excluding hydrogens is 377 g/mol. The van der Waals surface area contributed by atoms with Crippen LogP contribution in [0.1, 0.15) is 29.3 Å². The van der Waals surface area contributed by atoms with Crippen LogP contribution >= 0.6 is 0 Å². The fourth-order valence-electron chi connectivity index (χ4n) is 2.18. The zero-order valence-corrected chi connectivity index (χ0v) is 15.0. The lowest BCUT2D eigenvalue weighted by molar-refractivity contribution is -0.137. The number of rotatable bonds is 7. The summed E-state index contributed by atoms with van der Waals surface area (Å²) in [6.45, 7) is 1.61. The lowest BCUT2D eigenvalue weighted by Gasteiger charge is -2.12. The Kier molecular flexibility index (Phi) is 6.86. The lowest BCUT2D eigenvalue weighted by Crippen LogP contribution is -2.21. The number of nitrogen functional groups attached to an aromatic ring is 1. The van der Waals surface area contributed by atoms with Crippen LogP contribution in [0.25, 0.3) is 0 Å². The molecule has 0 fully saturated rings. The van der Waals surface area contributed by atoms with Gasteiger partial charge < -0.3 is 20.5 Å². The number of benzene rings is 2. The van der Waals surface area contributed by atoms with Crippen LogP contribution in [-0.4, -0.2) is 25.1 Å². The molecule has 0 atom stereocenters. The van der Waals surface area contributed by atoms with Gasteiger partial charge in [0.25, 0.3) is 5.91 Å². The van der Waals surface area contributed by atoms with Crippen LogP contribution in [0.2, 0.25) is 0 Å². The first-order chi connectivity index (χ1) is 13.2. The van der Waals surface area contributed by atoms with E-state index in [4.69, 9.17) is 15.2 Å². The number of nitrogens with two attached hydrogens (primary N) is 1. The second-order valence-electron chi connectivity index (χ2n) is 5.80. The summed E-state index contributed by atoms with van der Waals surface area (Å²) < 4.78 is 48.4. The first kappa shape index (κ1) is 21.1. The minimum Gasteiger partial charge on any atom is -0.482 e. The van der Waals surface area contributed by atoms with Crippen LogP contribution < -0.4 is 15.8 Å². The van der Waals surface area contributed by atoms with E-state index in [0.29, 0.717) is 6.42 Å². The van der Waals surface area contributed by atoms with Crippen molar-refractivity contribution in [3.63, 3.8) is 0 Å². The Bertz CT molecular complexity index is 853. The predicted molar refractivity (Wildman–Crippen MR) is 97.0 cm³/mol. The van der Waals surface area contributed by atoms with E-state index in [1.54, 1.807) is 0 Å². The van der Waals surface area contributed by atoms with Gasteiger partial charge >= 0.3 is 12.1 Å². The van der Waals surface area contributed by atoms with Gasteiger partial charge in [0.2, 0.25) is 0 Å². The zero-order chi connectivity index (χ0) is 20.7. The maximum absolute atomic E-state index is 12.7. The Balaban J connectivity index is 2.00. The van der Waals surface area contributed by atoms with Gasteiger partial charge in [-0.3, -0.25) is 4.79 Å². The van der Waals surface area contributed by atoms with Crippen LogP contribution in [0, 0.1) is 0 Å². The molecule has 0 bridgehead atoms. The van der Waals surface area contributed by atoms with Gasteiger partial charge in [0, 0.05) is 5.69 Å². The highest BCUT2D eigenvalue weighted by Gasteiger charge is 2.30. The quantitative estimate of drug-likeness (QED) is 0.548. The molecule has 0 saturated carbocycles. The molecule has 28 heavy (non-hydrogen) atoms. The molecule has 0 radical (unpaired) electrons. The van der Waals surface area contributed by atoms with E-state index in [2.05, 4.69) is 5.32 Å². The number of anilines is 2. The van der Waals surface area contributed by atoms with E-state index in [1.807, 2.05) is 6.92 Å². The van der Waals surface area contributed by atoms with E-state index in [0.717, 1.165) is 12.1 Å². The van der Waals surface area contributed by atoms with Gasteiger partial charge in [-0.05, 0) is 42.8 Å². The zero-order valence-electron chi connectivity index (χ0n) is 15.0. The third-order valence-electron chi connectivity index (χ3n) is 3.52. The van der Waals surface area contributed by atoms with Crippen LogP contribution in [0.5, 0.6) is 5.75 Å². The second kappa shape index (κ2) is 9.12. The van der Waals surface area contributed by atoms with Gasteiger partial charge in [0.1, 0.15) is 5.75 Å². The number of amides is 1. The molecule has 6 nitrogen and oxygen atoms in total. The van der Waals surface area contributed by atoms with Crippen LogP contribution in [-0.2, 0) is 15.7 Å². The molecule has 2 aromatic carbocycles. The average molecular weight is 396 g/mol. The molecule has 0 aliphatic carbocycles. The van der Waals surface area contributed by atoms with Crippen LogP contribution in [0.3, 0.4) is 0 Å². The number of ether oxygens (including phenoxy) is 2. The molecule has 1 amide bonds. The maximum atomic E-state index is 12.7. The van der Waals surface area contributed by atoms with Crippen molar-refractivity contribution in [3.05, 3.63) is 53.6 Å². The van der Waals surface area contributed by atoms with E-state index in [-0.39, 0.29) is 29.3 Å². The minimum absolute atomic E-state index is 0.0201. The van der Waals surface area contributed by atoms with Crippen LogP contribution in [0.4, 0.5) is 24.5 Å². The summed E-state index contributed by atoms with van der Waals surface area (Å²) in [5.41, 5.74) is 5.26. The third-order valence-corrected chi connectivity index (χ3v) is 3.52. The molecule has 2 aromatic rings. The number of halogens is 3. The molecule has 0 aliphatic heterocycles. The van der Waals surface area contributed by atoms with Crippen molar-refractivity contribution in [1.82, 2.24) is 0 Å². The second-order valence-corrected chi connectivity index (χ2v) is 5.80. The maximum Gasteiger partial charge on any atom is 0.416 e. The molecule has 0 heterocycles. The molecule has 3 N–H and O–H groups in total. The first-order valence-electron chi connectivity index (χ1n) is 8.37. The standard InChI is InChI=1S/C19H19F3N2O4/c1-2-8-27-18(26)12-6-7-15(23)16(9-12)28-11-17(25)24-14-5-3-4-13(10-14)19(20,21)22/h3-7,9-10H,2,8,11,23H2,1H3,(H,24,25). The third kappa shape index (κ3) is 5.90. The molecule has 0 aromatic heterocycles. The summed E-state index contributed by atoms with van der Waals surface area (Å²) in [6.07, 6.45) is -3.85. The van der Waals surface area contributed by atoms with E-state index in [1.165, 1.54) is 30.3 Å². The fraction of sp³-hybridized carbons (Fsp3) is 0.263. The van der Waals surface area contributed by atoms with Crippen molar-refractivity contribution in [2.75, 3.05) is 24.3 Å². The van der Waals surface area contributed by atoms with Gasteiger partial charge in [0.15, 0.2) is 6.61 Å². The Hall–Kier alpha value is -3.23. The topological polar surface area (TPSA) is 90.7 Å². The normalized spacial score (nSPS) is 11.0. The number of carbonyl (C=O) groups is 2. The Morgan fingerprint density at radius 3 is 2.57 bits per heavy atom. The predicted octanol–water partition coefficient (Wildman–Crippen LogP) is 3.87. The minimum atomic E-state index is -4.52. The highest BCUT2D eigenvalue weighted by Crippen LogP contribution is 2.30. The molecule has 2 rings (SSSR count). The van der Waals surface area contributed by atoms with Crippen molar-refractivity contribution in [2.45, 2.75) is 19.5 Å². The molecular formula is C19H19F3N2O4. The van der Waals surface area contributed by atoms with Gasteiger partial charge in [0.05, 0.1) is 23.4 Å². The smallest absolute Gasteiger partial charge is 0.416 e. The van der Waals surface area contributed by atoms with E-state index < -0.39 is 30.2 Å². The largest absolute Gasteiger partial charge is 0.482 e. The molecule has 0 saturated heterocycles. The SMILES string of the molecule is CCCOC(=O)c1ccc(N)c(OCC(=O)Nc2cccc(C(F)(F)F)c2)c1. The number of nitrogens with one attached hydrogen (secondary N) is 1. The molecule has 9 heteroatoms. The van der Waals surface area contributed by atoms with Gasteiger partial charge in [-0.1, -0.05) is 13.0 Å². The summed E-state index contributed by atoms with van der Waals surface area (Å²) in [4.78, 5) is 23.8. The average Bonchev–Trinajstić information content (AvgIpc) is 2.65.